The molecule has 0 radical (unpaired) electrons. The lowest BCUT2D eigenvalue weighted by atomic mass is 10.1. The number of anilines is 1. The molecule has 0 aliphatic carbocycles. The number of ether oxygens (including phenoxy) is 1. The van der Waals surface area contributed by atoms with Gasteiger partial charge < -0.3 is 15.3 Å². The molecule has 126 valence electrons. The molecule has 0 aliphatic heterocycles. The van der Waals surface area contributed by atoms with Gasteiger partial charge in [0.2, 0.25) is 5.69 Å². The van der Waals surface area contributed by atoms with Crippen molar-refractivity contribution in [3.63, 3.8) is 0 Å². The van der Waals surface area contributed by atoms with Gasteiger partial charge in [0.05, 0.1) is 0 Å². The zero-order valence-corrected chi connectivity index (χ0v) is 14.5. The summed E-state index contributed by atoms with van der Waals surface area (Å²) < 4.78 is 6.32. The predicted octanol–water partition coefficient (Wildman–Crippen LogP) is 3.37. The minimum Gasteiger partial charge on any atom is -0.618 e. The minimum absolute atomic E-state index is 0.235. The summed E-state index contributed by atoms with van der Waals surface area (Å²) in [4.78, 5) is 12.8. The number of aromatic nitrogens is 1. The van der Waals surface area contributed by atoms with Crippen LogP contribution < -0.4 is 14.8 Å². The number of carbonyl (C=O) groups is 1. The second kappa shape index (κ2) is 7.17. The molecule has 1 N–H and O–H groups in total. The standard InChI is InChI=1S/C19H22N2O3/c1-6-10-24-17-11-13(3)21(23)15(5)18(17)19(22)20-16-9-7-8-12(2)14(16)4/h6-9,11H,1,10H2,2-5H3,(H,20,22). The summed E-state index contributed by atoms with van der Waals surface area (Å²) in [7, 11) is 0. The molecule has 1 aromatic heterocycles. The van der Waals surface area contributed by atoms with Crippen LogP contribution in [0.3, 0.4) is 0 Å². The van der Waals surface area contributed by atoms with Crippen LogP contribution in [0.15, 0.2) is 36.9 Å². The van der Waals surface area contributed by atoms with E-state index in [1.165, 1.54) is 0 Å². The maximum absolute atomic E-state index is 12.8. The number of pyridine rings is 1. The Bertz CT molecular complexity index is 798. The van der Waals surface area contributed by atoms with Crippen LogP contribution in [0.1, 0.15) is 32.9 Å². The molecule has 0 aliphatic rings. The van der Waals surface area contributed by atoms with Crippen LogP contribution in [-0.4, -0.2) is 12.5 Å². The van der Waals surface area contributed by atoms with Crippen LogP contribution in [0, 0.1) is 32.9 Å². The predicted molar refractivity (Wildman–Crippen MR) is 94.4 cm³/mol. The number of nitrogens with one attached hydrogen (secondary N) is 1. The van der Waals surface area contributed by atoms with Gasteiger partial charge >= 0.3 is 0 Å². The molecule has 24 heavy (non-hydrogen) atoms. The van der Waals surface area contributed by atoms with Crippen molar-refractivity contribution in [1.29, 1.82) is 0 Å². The molecule has 0 saturated heterocycles. The molecule has 5 nitrogen and oxygen atoms in total. The molecule has 0 saturated carbocycles. The van der Waals surface area contributed by atoms with E-state index in [4.69, 9.17) is 4.74 Å². The van der Waals surface area contributed by atoms with E-state index in [0.29, 0.717) is 22.8 Å². The molecule has 0 bridgehead atoms. The molecule has 5 heteroatoms. The summed E-state index contributed by atoms with van der Waals surface area (Å²) >= 11 is 0. The first-order valence-corrected chi connectivity index (χ1v) is 7.71. The second-order valence-electron chi connectivity index (χ2n) is 5.71. The molecule has 0 fully saturated rings. The van der Waals surface area contributed by atoms with Gasteiger partial charge in [-0.1, -0.05) is 24.8 Å². The molecule has 0 atom stereocenters. The van der Waals surface area contributed by atoms with Gasteiger partial charge in [-0.05, 0) is 31.0 Å². The Hall–Kier alpha value is -2.82. The fourth-order valence-corrected chi connectivity index (χ4v) is 2.47. The van der Waals surface area contributed by atoms with Crippen molar-refractivity contribution in [3.05, 3.63) is 70.2 Å². The Labute approximate surface area is 142 Å². The first-order chi connectivity index (χ1) is 11.4. The van der Waals surface area contributed by atoms with E-state index in [1.54, 1.807) is 26.0 Å². The first kappa shape index (κ1) is 17.5. The summed E-state index contributed by atoms with van der Waals surface area (Å²) in [6, 6.07) is 7.26. The van der Waals surface area contributed by atoms with Gasteiger partial charge in [-0.15, -0.1) is 0 Å². The normalized spacial score (nSPS) is 10.3. The number of rotatable bonds is 5. The minimum atomic E-state index is -0.370. The Morgan fingerprint density at radius 2 is 2.04 bits per heavy atom. The van der Waals surface area contributed by atoms with Crippen molar-refractivity contribution in [2.45, 2.75) is 27.7 Å². The van der Waals surface area contributed by atoms with E-state index < -0.39 is 0 Å². The van der Waals surface area contributed by atoms with Gasteiger partial charge in [-0.3, -0.25) is 4.79 Å². The Balaban J connectivity index is 2.45. The van der Waals surface area contributed by atoms with Gasteiger partial charge in [-0.2, -0.15) is 4.73 Å². The van der Waals surface area contributed by atoms with Crippen molar-refractivity contribution >= 4 is 11.6 Å². The van der Waals surface area contributed by atoms with Crippen molar-refractivity contribution < 1.29 is 14.3 Å². The molecular formula is C19H22N2O3. The van der Waals surface area contributed by atoms with Crippen molar-refractivity contribution in [2.24, 2.45) is 0 Å². The van der Waals surface area contributed by atoms with E-state index >= 15 is 0 Å². The van der Waals surface area contributed by atoms with Crippen LogP contribution in [0.25, 0.3) is 0 Å². The van der Waals surface area contributed by atoms with E-state index in [9.17, 15) is 10.0 Å². The fourth-order valence-electron chi connectivity index (χ4n) is 2.47. The lowest BCUT2D eigenvalue weighted by molar-refractivity contribution is -0.619. The van der Waals surface area contributed by atoms with Crippen LogP contribution in [-0.2, 0) is 0 Å². The first-order valence-electron chi connectivity index (χ1n) is 7.71. The molecular weight excluding hydrogens is 304 g/mol. The maximum atomic E-state index is 12.8. The van der Waals surface area contributed by atoms with E-state index in [2.05, 4.69) is 11.9 Å². The fraction of sp³-hybridized carbons (Fsp3) is 0.263. The SMILES string of the molecule is C=CCOc1cc(C)[n+]([O-])c(C)c1C(=O)Nc1cccc(C)c1C. The molecule has 0 unspecified atom stereocenters. The van der Waals surface area contributed by atoms with Crippen LogP contribution in [0.5, 0.6) is 5.75 Å². The Kier molecular flexibility index (Phi) is 5.24. The average Bonchev–Trinajstić information content (AvgIpc) is 2.54. The number of hydrogen-bond donors (Lipinski definition) is 1. The number of hydrogen-bond acceptors (Lipinski definition) is 3. The van der Waals surface area contributed by atoms with Gasteiger partial charge in [0.25, 0.3) is 5.91 Å². The quantitative estimate of drug-likeness (QED) is 0.520. The summed E-state index contributed by atoms with van der Waals surface area (Å²) in [5.41, 5.74) is 3.78. The van der Waals surface area contributed by atoms with Crippen LogP contribution in [0.2, 0.25) is 0 Å². The van der Waals surface area contributed by atoms with E-state index in [1.807, 2.05) is 32.0 Å². The summed E-state index contributed by atoms with van der Waals surface area (Å²) in [5, 5.41) is 15.0. The Morgan fingerprint density at radius 3 is 2.71 bits per heavy atom. The average molecular weight is 326 g/mol. The summed E-state index contributed by atoms with van der Waals surface area (Å²) in [5.74, 6) is 0.00432. The highest BCUT2D eigenvalue weighted by Gasteiger charge is 2.24. The zero-order chi connectivity index (χ0) is 17.9. The number of aryl methyl sites for hydroxylation is 2. The van der Waals surface area contributed by atoms with Crippen molar-refractivity contribution in [3.8, 4) is 5.75 Å². The lowest BCUT2D eigenvalue weighted by Gasteiger charge is -2.16. The smallest absolute Gasteiger partial charge is 0.265 e. The second-order valence-corrected chi connectivity index (χ2v) is 5.71. The molecule has 1 amide bonds. The molecule has 2 aromatic rings. The number of nitrogens with zero attached hydrogens (tertiary/aromatic N) is 1. The highest BCUT2D eigenvalue weighted by Crippen LogP contribution is 2.24. The summed E-state index contributed by atoms with van der Waals surface area (Å²) in [6.07, 6.45) is 1.59. The molecule has 1 aromatic carbocycles. The monoisotopic (exact) mass is 326 g/mol. The highest BCUT2D eigenvalue weighted by atomic mass is 16.5. The largest absolute Gasteiger partial charge is 0.618 e. The topological polar surface area (TPSA) is 65.3 Å². The number of carbonyl (C=O) groups excluding carboxylic acids is 1. The molecule has 0 spiro atoms. The third kappa shape index (κ3) is 3.40. The number of amides is 1. The Morgan fingerprint density at radius 1 is 1.33 bits per heavy atom. The number of benzene rings is 1. The van der Waals surface area contributed by atoms with Gasteiger partial charge in [-0.25, -0.2) is 0 Å². The zero-order valence-electron chi connectivity index (χ0n) is 14.5. The van der Waals surface area contributed by atoms with Gasteiger partial charge in [0.15, 0.2) is 5.69 Å². The summed E-state index contributed by atoms with van der Waals surface area (Å²) in [6.45, 7) is 11.1. The van der Waals surface area contributed by atoms with E-state index in [-0.39, 0.29) is 18.1 Å². The third-order valence-electron chi connectivity index (χ3n) is 4.01. The maximum Gasteiger partial charge on any atom is 0.265 e. The third-order valence-corrected chi connectivity index (χ3v) is 4.01. The molecule has 2 rings (SSSR count). The van der Waals surface area contributed by atoms with Crippen LogP contribution in [0.4, 0.5) is 5.69 Å². The lowest BCUT2D eigenvalue weighted by Crippen LogP contribution is -2.37. The van der Waals surface area contributed by atoms with Crippen molar-refractivity contribution in [2.75, 3.05) is 11.9 Å². The van der Waals surface area contributed by atoms with Crippen LogP contribution >= 0.6 is 0 Å². The van der Waals surface area contributed by atoms with E-state index in [0.717, 1.165) is 15.9 Å². The van der Waals surface area contributed by atoms with Gasteiger partial charge in [0.1, 0.15) is 17.9 Å². The highest BCUT2D eigenvalue weighted by molar-refractivity contribution is 6.07. The van der Waals surface area contributed by atoms with Gasteiger partial charge in [0, 0.05) is 25.6 Å². The molecule has 1 heterocycles. The van der Waals surface area contributed by atoms with Crippen molar-refractivity contribution in [1.82, 2.24) is 0 Å².